The molecule has 0 bridgehead atoms. The quantitative estimate of drug-likeness (QED) is 0.514. The third-order valence-corrected chi connectivity index (χ3v) is 3.36. The van der Waals surface area contributed by atoms with Crippen LogP contribution in [0.1, 0.15) is 26.7 Å². The van der Waals surface area contributed by atoms with Crippen molar-refractivity contribution in [1.82, 2.24) is 15.5 Å². The number of allylic oxidation sites excluding steroid dienone is 1. The summed E-state index contributed by atoms with van der Waals surface area (Å²) in [7, 11) is 0. The Labute approximate surface area is 105 Å². The summed E-state index contributed by atoms with van der Waals surface area (Å²) in [4.78, 5) is 36.4. The van der Waals surface area contributed by atoms with Gasteiger partial charge in [0.1, 0.15) is 5.54 Å². The Morgan fingerprint density at radius 3 is 2.33 bits per heavy atom. The van der Waals surface area contributed by atoms with Gasteiger partial charge in [-0.1, -0.05) is 5.57 Å². The average molecular weight is 251 g/mol. The van der Waals surface area contributed by atoms with Crippen LogP contribution in [-0.4, -0.2) is 41.4 Å². The number of imide groups is 1. The number of likely N-dealkylation sites (tertiary alicyclic amines) is 1. The standard InChI is InChI=1S/C12H17N3O3/c1-8(2)7-9(16)15-5-3-12(4-6-15)10(17)13-11(18)14-12/h7H,3-6H2,1-2H3,(H2,13,14,17,18). The fourth-order valence-corrected chi connectivity index (χ4v) is 2.33. The van der Waals surface area contributed by atoms with Crippen LogP contribution in [0.2, 0.25) is 0 Å². The predicted molar refractivity (Wildman–Crippen MR) is 64.7 cm³/mol. The fourth-order valence-electron chi connectivity index (χ4n) is 2.33. The summed E-state index contributed by atoms with van der Waals surface area (Å²) < 4.78 is 0. The molecule has 0 aliphatic carbocycles. The Morgan fingerprint density at radius 1 is 1.28 bits per heavy atom. The first-order chi connectivity index (χ1) is 8.43. The smallest absolute Gasteiger partial charge is 0.322 e. The van der Waals surface area contributed by atoms with Crippen LogP contribution in [0.25, 0.3) is 0 Å². The number of rotatable bonds is 1. The number of hydrogen-bond donors (Lipinski definition) is 2. The van der Waals surface area contributed by atoms with E-state index in [9.17, 15) is 14.4 Å². The van der Waals surface area contributed by atoms with Gasteiger partial charge in [0.05, 0.1) is 0 Å². The molecule has 6 nitrogen and oxygen atoms in total. The second-order valence-electron chi connectivity index (χ2n) is 5.04. The molecule has 0 saturated carbocycles. The fraction of sp³-hybridized carbons (Fsp3) is 0.583. The van der Waals surface area contributed by atoms with E-state index in [1.165, 1.54) is 0 Å². The zero-order valence-electron chi connectivity index (χ0n) is 10.6. The molecule has 2 N–H and O–H groups in total. The summed E-state index contributed by atoms with van der Waals surface area (Å²) >= 11 is 0. The van der Waals surface area contributed by atoms with Crippen LogP contribution in [0.5, 0.6) is 0 Å². The summed E-state index contributed by atoms with van der Waals surface area (Å²) in [5.41, 5.74) is 0.144. The molecule has 1 spiro atoms. The first-order valence-corrected chi connectivity index (χ1v) is 6.00. The van der Waals surface area contributed by atoms with E-state index in [1.54, 1.807) is 11.0 Å². The van der Waals surface area contributed by atoms with Crippen molar-refractivity contribution >= 4 is 17.8 Å². The highest BCUT2D eigenvalue weighted by Crippen LogP contribution is 2.25. The lowest BCUT2D eigenvalue weighted by atomic mass is 9.87. The van der Waals surface area contributed by atoms with Crippen LogP contribution < -0.4 is 10.6 Å². The highest BCUT2D eigenvalue weighted by Gasteiger charge is 2.48. The molecule has 0 aromatic heterocycles. The Hall–Kier alpha value is -1.85. The minimum atomic E-state index is -0.807. The molecule has 2 heterocycles. The zero-order valence-corrected chi connectivity index (χ0v) is 10.6. The van der Waals surface area contributed by atoms with E-state index >= 15 is 0 Å². The highest BCUT2D eigenvalue weighted by molar-refractivity contribution is 6.07. The van der Waals surface area contributed by atoms with Crippen LogP contribution in [0.15, 0.2) is 11.6 Å². The minimum absolute atomic E-state index is 0.0328. The zero-order chi connectivity index (χ0) is 13.3. The van der Waals surface area contributed by atoms with Gasteiger partial charge in [-0.05, 0) is 26.7 Å². The molecule has 0 atom stereocenters. The number of nitrogens with one attached hydrogen (secondary N) is 2. The first-order valence-electron chi connectivity index (χ1n) is 6.00. The van der Waals surface area contributed by atoms with Crippen molar-refractivity contribution in [3.63, 3.8) is 0 Å². The number of amides is 4. The summed E-state index contributed by atoms with van der Waals surface area (Å²) in [6.45, 7) is 4.70. The normalized spacial score (nSPS) is 21.6. The Morgan fingerprint density at radius 2 is 1.89 bits per heavy atom. The van der Waals surface area contributed by atoms with Gasteiger partial charge in [-0.3, -0.25) is 14.9 Å². The molecule has 2 rings (SSSR count). The molecular formula is C12H17N3O3. The van der Waals surface area contributed by atoms with Gasteiger partial charge in [0.15, 0.2) is 0 Å². The number of piperidine rings is 1. The number of urea groups is 1. The van der Waals surface area contributed by atoms with Crippen molar-refractivity contribution in [2.45, 2.75) is 32.2 Å². The summed E-state index contributed by atoms with van der Waals surface area (Å²) in [5.74, 6) is -0.309. The van der Waals surface area contributed by atoms with Gasteiger partial charge in [0.25, 0.3) is 5.91 Å². The Bertz CT molecular complexity index is 430. The monoisotopic (exact) mass is 251 g/mol. The van der Waals surface area contributed by atoms with Crippen molar-refractivity contribution < 1.29 is 14.4 Å². The third kappa shape index (κ3) is 2.23. The van der Waals surface area contributed by atoms with Crippen molar-refractivity contribution in [3.8, 4) is 0 Å². The maximum atomic E-state index is 11.8. The van der Waals surface area contributed by atoms with Gasteiger partial charge < -0.3 is 10.2 Å². The van der Waals surface area contributed by atoms with E-state index in [0.717, 1.165) is 5.57 Å². The molecule has 2 fully saturated rings. The van der Waals surface area contributed by atoms with Crippen LogP contribution in [0, 0.1) is 0 Å². The van der Waals surface area contributed by atoms with Gasteiger partial charge in [-0.2, -0.15) is 0 Å². The van der Waals surface area contributed by atoms with Crippen molar-refractivity contribution in [2.24, 2.45) is 0 Å². The van der Waals surface area contributed by atoms with Crippen molar-refractivity contribution in [1.29, 1.82) is 0 Å². The van der Waals surface area contributed by atoms with Crippen LogP contribution in [-0.2, 0) is 9.59 Å². The van der Waals surface area contributed by atoms with Crippen LogP contribution in [0.4, 0.5) is 4.79 Å². The van der Waals surface area contributed by atoms with E-state index in [4.69, 9.17) is 0 Å². The molecule has 2 saturated heterocycles. The molecule has 2 aliphatic rings. The lowest BCUT2D eigenvalue weighted by Crippen LogP contribution is -2.55. The number of carbonyl (C=O) groups is 3. The van der Waals surface area contributed by atoms with E-state index < -0.39 is 11.6 Å². The summed E-state index contributed by atoms with van der Waals surface area (Å²) in [6.07, 6.45) is 2.52. The third-order valence-electron chi connectivity index (χ3n) is 3.36. The SMILES string of the molecule is CC(C)=CC(=O)N1CCC2(CC1)NC(=O)NC2=O. The number of carbonyl (C=O) groups excluding carboxylic acids is 3. The van der Waals surface area contributed by atoms with Gasteiger partial charge >= 0.3 is 6.03 Å². The lowest BCUT2D eigenvalue weighted by Gasteiger charge is -2.36. The van der Waals surface area contributed by atoms with E-state index in [2.05, 4.69) is 10.6 Å². The van der Waals surface area contributed by atoms with Gasteiger partial charge in [-0.15, -0.1) is 0 Å². The first kappa shape index (κ1) is 12.6. The molecule has 0 aromatic rings. The molecule has 18 heavy (non-hydrogen) atoms. The highest BCUT2D eigenvalue weighted by atomic mass is 16.2. The van der Waals surface area contributed by atoms with Crippen LogP contribution in [0.3, 0.4) is 0 Å². The molecular weight excluding hydrogens is 234 g/mol. The van der Waals surface area contributed by atoms with Gasteiger partial charge in [0.2, 0.25) is 5.91 Å². The number of hydrogen-bond acceptors (Lipinski definition) is 3. The molecule has 0 aromatic carbocycles. The Kier molecular flexibility index (Phi) is 3.11. The largest absolute Gasteiger partial charge is 0.339 e. The second-order valence-corrected chi connectivity index (χ2v) is 5.04. The summed E-state index contributed by atoms with van der Waals surface area (Å²) in [5, 5.41) is 4.92. The topological polar surface area (TPSA) is 78.5 Å². The summed E-state index contributed by atoms with van der Waals surface area (Å²) in [6, 6.07) is -0.441. The van der Waals surface area contributed by atoms with E-state index in [-0.39, 0.29) is 11.8 Å². The second kappa shape index (κ2) is 4.44. The van der Waals surface area contributed by atoms with Gasteiger partial charge in [-0.25, -0.2) is 4.79 Å². The average Bonchev–Trinajstić information content (AvgIpc) is 2.53. The molecule has 4 amide bonds. The number of nitrogens with zero attached hydrogens (tertiary/aromatic N) is 1. The molecule has 2 aliphatic heterocycles. The molecule has 98 valence electrons. The lowest BCUT2D eigenvalue weighted by molar-refractivity contribution is -0.132. The molecule has 0 unspecified atom stereocenters. The predicted octanol–water partition coefficient (Wildman–Crippen LogP) is 0.153. The maximum Gasteiger partial charge on any atom is 0.322 e. The van der Waals surface area contributed by atoms with Gasteiger partial charge in [0, 0.05) is 19.2 Å². The Balaban J connectivity index is 2.00. The minimum Gasteiger partial charge on any atom is -0.339 e. The maximum absolute atomic E-state index is 11.8. The van der Waals surface area contributed by atoms with Crippen LogP contribution >= 0.6 is 0 Å². The van der Waals surface area contributed by atoms with Crippen molar-refractivity contribution in [2.75, 3.05) is 13.1 Å². The van der Waals surface area contributed by atoms with E-state index in [0.29, 0.717) is 25.9 Å². The molecule has 0 radical (unpaired) electrons. The van der Waals surface area contributed by atoms with Crippen molar-refractivity contribution in [3.05, 3.63) is 11.6 Å². The molecule has 6 heteroatoms. The van der Waals surface area contributed by atoms with E-state index in [1.807, 2.05) is 13.8 Å².